The van der Waals surface area contributed by atoms with Gasteiger partial charge in [-0.3, -0.25) is 4.79 Å². The molecule has 0 aliphatic rings. The fraction of sp³-hybridized carbons (Fsp3) is 0.133. The van der Waals surface area contributed by atoms with Crippen molar-refractivity contribution in [3.63, 3.8) is 0 Å². The fourth-order valence-corrected chi connectivity index (χ4v) is 3.79. The highest BCUT2D eigenvalue weighted by atomic mass is 16.5. The number of aldehydes is 1. The molecule has 3 heterocycles. The minimum Gasteiger partial charge on any atom is -0.497 e. The molecular formula is C30H26O8. The highest BCUT2D eigenvalue weighted by molar-refractivity contribution is 5.91. The largest absolute Gasteiger partial charge is 0.497 e. The number of methoxy groups -OCH3 is 1. The Labute approximate surface area is 217 Å². The summed E-state index contributed by atoms with van der Waals surface area (Å²) in [6, 6.07) is 22.0. The van der Waals surface area contributed by atoms with Gasteiger partial charge >= 0.3 is 5.97 Å². The Bertz CT molecular complexity index is 1720. The molecule has 0 bridgehead atoms. The summed E-state index contributed by atoms with van der Waals surface area (Å²) in [5.41, 5.74) is 4.44. The van der Waals surface area contributed by atoms with Crippen LogP contribution in [0, 0.1) is 13.8 Å². The van der Waals surface area contributed by atoms with Crippen molar-refractivity contribution in [1.29, 1.82) is 0 Å². The minimum absolute atomic E-state index is 0.0133. The first-order chi connectivity index (χ1) is 18.3. The van der Waals surface area contributed by atoms with Crippen LogP contribution in [0.1, 0.15) is 38.0 Å². The van der Waals surface area contributed by atoms with Crippen LogP contribution in [0.25, 0.3) is 32.9 Å². The maximum Gasteiger partial charge on any atom is 0.371 e. The summed E-state index contributed by atoms with van der Waals surface area (Å²) >= 11 is 0. The molecule has 0 atom stereocenters. The Kier molecular flexibility index (Phi) is 7.94. The molecule has 3 aromatic heterocycles. The van der Waals surface area contributed by atoms with E-state index in [2.05, 4.69) is 0 Å². The third-order valence-corrected chi connectivity index (χ3v) is 5.62. The van der Waals surface area contributed by atoms with E-state index in [4.69, 9.17) is 28.2 Å². The van der Waals surface area contributed by atoms with E-state index >= 15 is 0 Å². The van der Waals surface area contributed by atoms with Crippen molar-refractivity contribution >= 4 is 45.2 Å². The Morgan fingerprint density at radius 2 is 1.37 bits per heavy atom. The summed E-state index contributed by atoms with van der Waals surface area (Å²) in [6.45, 7) is 3.95. The number of fused-ring (bicyclic) bond motifs is 3. The number of carboxylic acids is 1. The number of carboxylic acid groups (broad SMARTS) is 1. The van der Waals surface area contributed by atoms with E-state index in [1.54, 1.807) is 31.4 Å². The second kappa shape index (κ2) is 11.5. The highest BCUT2D eigenvalue weighted by Gasteiger charge is 2.09. The standard InChI is InChI=1S/2C10H8O3.C10H10O2/c1-12-8-2-3-10-7(4-8)5-9(6-11)13-10;1-6-2-3-8-7(4-6)5-9(13-8)10(11)12;1-7-2-3-10-8(4-7)5-9(6-11)12-10/h2-6H,1H3;2-5H,1H3,(H,11,12);2-5,11H,6H2,1H3. The number of aliphatic hydroxyl groups excluding tert-OH is 1. The third kappa shape index (κ3) is 6.11. The van der Waals surface area contributed by atoms with Crippen molar-refractivity contribution in [3.8, 4) is 5.75 Å². The molecule has 38 heavy (non-hydrogen) atoms. The zero-order chi connectivity index (χ0) is 27.2. The molecule has 8 heteroatoms. The Morgan fingerprint density at radius 1 is 0.789 bits per heavy atom. The number of carbonyl (C=O) groups excluding carboxylic acids is 1. The van der Waals surface area contributed by atoms with E-state index in [9.17, 15) is 9.59 Å². The van der Waals surface area contributed by atoms with Gasteiger partial charge in [0.25, 0.3) is 0 Å². The van der Waals surface area contributed by atoms with Crippen molar-refractivity contribution in [2.24, 2.45) is 0 Å². The Hall–Kier alpha value is -4.82. The van der Waals surface area contributed by atoms with Crippen LogP contribution in [0.5, 0.6) is 5.75 Å². The molecule has 8 nitrogen and oxygen atoms in total. The smallest absolute Gasteiger partial charge is 0.371 e. The topological polar surface area (TPSA) is 123 Å². The van der Waals surface area contributed by atoms with Crippen LogP contribution in [0.4, 0.5) is 0 Å². The third-order valence-electron chi connectivity index (χ3n) is 5.62. The molecule has 0 saturated carbocycles. The average Bonchev–Trinajstić information content (AvgIpc) is 3.64. The molecule has 3 aromatic carbocycles. The average molecular weight is 515 g/mol. The molecule has 0 aliphatic heterocycles. The van der Waals surface area contributed by atoms with Crippen LogP contribution in [0.15, 0.2) is 86.0 Å². The maximum atomic E-state index is 10.6. The lowest BCUT2D eigenvalue weighted by atomic mass is 10.2. The first-order valence-electron chi connectivity index (χ1n) is 11.7. The van der Waals surface area contributed by atoms with Crippen molar-refractivity contribution in [3.05, 3.63) is 101 Å². The predicted octanol–water partition coefficient (Wildman–Crippen LogP) is 6.93. The van der Waals surface area contributed by atoms with Crippen molar-refractivity contribution in [2.45, 2.75) is 20.5 Å². The summed E-state index contributed by atoms with van der Waals surface area (Å²) in [6.07, 6.45) is 0.687. The van der Waals surface area contributed by atoms with Crippen LogP contribution >= 0.6 is 0 Å². The zero-order valence-corrected chi connectivity index (χ0v) is 21.1. The number of furan rings is 3. The second-order valence-corrected chi connectivity index (χ2v) is 8.54. The fourth-order valence-electron chi connectivity index (χ4n) is 3.79. The molecule has 2 N–H and O–H groups in total. The monoisotopic (exact) mass is 514 g/mol. The number of aliphatic hydroxyl groups is 1. The molecule has 0 amide bonds. The van der Waals surface area contributed by atoms with Crippen molar-refractivity contribution < 1.29 is 37.8 Å². The van der Waals surface area contributed by atoms with E-state index in [-0.39, 0.29) is 12.4 Å². The number of hydrogen-bond donors (Lipinski definition) is 2. The summed E-state index contributed by atoms with van der Waals surface area (Å²) in [7, 11) is 1.60. The van der Waals surface area contributed by atoms with Gasteiger partial charge in [-0.1, -0.05) is 23.3 Å². The summed E-state index contributed by atoms with van der Waals surface area (Å²) in [5.74, 6) is 0.666. The first kappa shape index (κ1) is 26.2. The highest BCUT2D eigenvalue weighted by Crippen LogP contribution is 2.23. The first-order valence-corrected chi connectivity index (χ1v) is 11.7. The molecule has 6 aromatic rings. The van der Waals surface area contributed by atoms with Crippen LogP contribution < -0.4 is 4.74 Å². The lowest BCUT2D eigenvalue weighted by molar-refractivity contribution is 0.0665. The lowest BCUT2D eigenvalue weighted by Gasteiger charge is -1.96. The van der Waals surface area contributed by atoms with Gasteiger partial charge in [-0.25, -0.2) is 4.79 Å². The summed E-state index contributed by atoms with van der Waals surface area (Å²) in [4.78, 5) is 21.0. The van der Waals surface area contributed by atoms with Gasteiger partial charge in [0.1, 0.15) is 34.9 Å². The molecule has 0 spiro atoms. The molecule has 6 rings (SSSR count). The van der Waals surface area contributed by atoms with Gasteiger partial charge in [-0.15, -0.1) is 0 Å². The normalized spacial score (nSPS) is 10.5. The van der Waals surface area contributed by atoms with Gasteiger partial charge in [0, 0.05) is 16.2 Å². The number of aromatic carboxylic acids is 1. The van der Waals surface area contributed by atoms with E-state index in [0.29, 0.717) is 29.0 Å². The van der Waals surface area contributed by atoms with E-state index in [1.165, 1.54) is 11.6 Å². The Morgan fingerprint density at radius 3 is 1.97 bits per heavy atom. The van der Waals surface area contributed by atoms with Gasteiger partial charge in [-0.2, -0.15) is 0 Å². The van der Waals surface area contributed by atoms with Crippen molar-refractivity contribution in [2.75, 3.05) is 7.11 Å². The van der Waals surface area contributed by atoms with Crippen LogP contribution in [-0.4, -0.2) is 29.6 Å². The van der Waals surface area contributed by atoms with Gasteiger partial charge in [-0.05, 0) is 74.5 Å². The molecule has 0 radical (unpaired) electrons. The predicted molar refractivity (Wildman–Crippen MR) is 143 cm³/mol. The minimum atomic E-state index is -1.03. The number of rotatable bonds is 4. The number of carbonyl (C=O) groups is 2. The van der Waals surface area contributed by atoms with E-state index in [1.807, 2.05) is 56.3 Å². The van der Waals surface area contributed by atoms with Gasteiger partial charge in [0.15, 0.2) is 12.0 Å². The van der Waals surface area contributed by atoms with Gasteiger partial charge < -0.3 is 28.2 Å². The Balaban J connectivity index is 0.000000133. The SMILES string of the molecule is COc1ccc2oc(C=O)cc2c1.Cc1ccc2oc(C(=O)O)cc2c1.Cc1ccc2oc(CO)cc2c1. The maximum absolute atomic E-state index is 10.6. The van der Waals surface area contributed by atoms with Gasteiger partial charge in [0.2, 0.25) is 5.76 Å². The molecule has 0 unspecified atom stereocenters. The van der Waals surface area contributed by atoms with E-state index < -0.39 is 5.97 Å². The second-order valence-electron chi connectivity index (χ2n) is 8.54. The summed E-state index contributed by atoms with van der Waals surface area (Å²) in [5, 5.41) is 20.2. The number of aryl methyl sites for hydroxylation is 2. The molecule has 194 valence electrons. The summed E-state index contributed by atoms with van der Waals surface area (Å²) < 4.78 is 20.6. The molecular weight excluding hydrogens is 488 g/mol. The van der Waals surface area contributed by atoms with E-state index in [0.717, 1.165) is 33.1 Å². The molecule has 0 fully saturated rings. The number of hydrogen-bond acceptors (Lipinski definition) is 7. The van der Waals surface area contributed by atoms with Crippen molar-refractivity contribution in [1.82, 2.24) is 0 Å². The van der Waals surface area contributed by atoms with Crippen LogP contribution in [0.3, 0.4) is 0 Å². The van der Waals surface area contributed by atoms with Crippen LogP contribution in [0.2, 0.25) is 0 Å². The van der Waals surface area contributed by atoms with Gasteiger partial charge in [0.05, 0.1) is 7.11 Å². The number of ether oxygens (including phenoxy) is 1. The van der Waals surface area contributed by atoms with Crippen LogP contribution in [-0.2, 0) is 6.61 Å². The number of benzene rings is 3. The molecule has 0 aliphatic carbocycles. The molecule has 0 saturated heterocycles. The quantitative estimate of drug-likeness (QED) is 0.243. The zero-order valence-electron chi connectivity index (χ0n) is 21.1. The lowest BCUT2D eigenvalue weighted by Crippen LogP contribution is -1.91.